The molecule has 0 amide bonds. The number of nitrogens with one attached hydrogen (secondary N) is 2. The molecule has 0 saturated heterocycles. The number of ether oxygens (including phenoxy) is 2. The van der Waals surface area contributed by atoms with Gasteiger partial charge in [0.05, 0.1) is 19.2 Å². The van der Waals surface area contributed by atoms with Gasteiger partial charge in [-0.05, 0) is 35.9 Å². The molecule has 3 rings (SSSR count). The zero-order chi connectivity index (χ0) is 18.5. The summed E-state index contributed by atoms with van der Waals surface area (Å²) < 4.78 is 10.2. The molecule has 0 spiro atoms. The van der Waals surface area contributed by atoms with E-state index in [1.54, 1.807) is 32.4 Å². The van der Waals surface area contributed by atoms with E-state index in [9.17, 15) is 4.79 Å². The van der Waals surface area contributed by atoms with Crippen LogP contribution in [-0.2, 0) is 6.42 Å². The molecular weight excluding hydrogens is 356 g/mol. The highest BCUT2D eigenvalue weighted by molar-refractivity contribution is 6.32. The lowest BCUT2D eigenvalue weighted by atomic mass is 10.1. The Balaban J connectivity index is 1.74. The predicted octanol–water partition coefficient (Wildman–Crippen LogP) is 3.17. The molecule has 1 aromatic heterocycles. The van der Waals surface area contributed by atoms with Crippen LogP contribution in [-0.4, -0.2) is 29.4 Å². The molecule has 0 radical (unpaired) electrons. The molecule has 134 valence electrons. The molecule has 0 aliphatic carbocycles. The normalized spacial score (nSPS) is 10.4. The van der Waals surface area contributed by atoms with Crippen LogP contribution < -0.4 is 20.3 Å². The van der Waals surface area contributed by atoms with E-state index < -0.39 is 0 Å². The van der Waals surface area contributed by atoms with Crippen molar-refractivity contribution >= 4 is 23.2 Å². The van der Waals surface area contributed by atoms with Crippen LogP contribution in [0, 0.1) is 0 Å². The van der Waals surface area contributed by atoms with Gasteiger partial charge in [-0.3, -0.25) is 9.78 Å². The van der Waals surface area contributed by atoms with Gasteiger partial charge in [0.1, 0.15) is 17.2 Å². The van der Waals surface area contributed by atoms with Gasteiger partial charge >= 0.3 is 0 Å². The van der Waals surface area contributed by atoms with Gasteiger partial charge in [0.15, 0.2) is 0 Å². The first-order valence-corrected chi connectivity index (χ1v) is 8.16. The van der Waals surface area contributed by atoms with Crippen LogP contribution in [0.5, 0.6) is 11.5 Å². The number of aromatic amines is 1. The molecular formula is C18H17ClN4O3. The summed E-state index contributed by atoms with van der Waals surface area (Å²) in [4.78, 5) is 14.9. The molecule has 0 saturated carbocycles. The molecule has 0 aliphatic rings. The zero-order valence-corrected chi connectivity index (χ0v) is 15.0. The van der Waals surface area contributed by atoms with Gasteiger partial charge in [-0.25, -0.2) is 0 Å². The fourth-order valence-corrected chi connectivity index (χ4v) is 2.61. The average Bonchev–Trinajstić information content (AvgIpc) is 2.65. The van der Waals surface area contributed by atoms with Crippen molar-refractivity contribution < 1.29 is 9.47 Å². The van der Waals surface area contributed by atoms with Crippen molar-refractivity contribution in [3.8, 4) is 11.5 Å². The van der Waals surface area contributed by atoms with Crippen molar-refractivity contribution in [2.24, 2.45) is 0 Å². The highest BCUT2D eigenvalue weighted by atomic mass is 35.5. The fraction of sp³-hybridized carbons (Fsp3) is 0.167. The second-order valence-electron chi connectivity index (χ2n) is 5.45. The molecule has 2 aromatic carbocycles. The largest absolute Gasteiger partial charge is 0.497 e. The van der Waals surface area contributed by atoms with Crippen LogP contribution in [0.25, 0.3) is 0 Å². The van der Waals surface area contributed by atoms with Crippen molar-refractivity contribution in [2.75, 3.05) is 19.5 Å². The fourth-order valence-electron chi connectivity index (χ4n) is 2.35. The molecule has 3 aromatic rings. The number of methoxy groups -OCH3 is 2. The number of halogens is 1. The Kier molecular flexibility index (Phi) is 5.38. The highest BCUT2D eigenvalue weighted by Gasteiger charge is 2.08. The van der Waals surface area contributed by atoms with Gasteiger partial charge < -0.3 is 14.8 Å². The molecule has 0 atom stereocenters. The van der Waals surface area contributed by atoms with Crippen LogP contribution in [0.2, 0.25) is 5.02 Å². The molecule has 0 fully saturated rings. The molecule has 7 nitrogen and oxygen atoms in total. The predicted molar refractivity (Wildman–Crippen MR) is 99.7 cm³/mol. The summed E-state index contributed by atoms with van der Waals surface area (Å²) in [6, 6.07) is 12.6. The minimum atomic E-state index is -0.307. The van der Waals surface area contributed by atoms with Gasteiger partial charge in [0, 0.05) is 12.1 Å². The lowest BCUT2D eigenvalue weighted by Crippen LogP contribution is -2.18. The second kappa shape index (κ2) is 7.88. The Morgan fingerprint density at radius 3 is 2.46 bits per heavy atom. The smallest absolute Gasteiger partial charge is 0.274 e. The maximum atomic E-state index is 12.3. The summed E-state index contributed by atoms with van der Waals surface area (Å²) >= 11 is 6.08. The molecule has 0 aliphatic heterocycles. The number of nitrogens with zero attached hydrogens (tertiary/aromatic N) is 2. The monoisotopic (exact) mass is 372 g/mol. The Morgan fingerprint density at radius 2 is 1.85 bits per heavy atom. The average molecular weight is 373 g/mol. The first-order valence-electron chi connectivity index (χ1n) is 7.78. The zero-order valence-electron chi connectivity index (χ0n) is 14.2. The van der Waals surface area contributed by atoms with Crippen molar-refractivity contribution in [3.63, 3.8) is 0 Å². The van der Waals surface area contributed by atoms with Gasteiger partial charge in [0.25, 0.3) is 5.56 Å². The summed E-state index contributed by atoms with van der Waals surface area (Å²) in [5.41, 5.74) is 1.61. The summed E-state index contributed by atoms with van der Waals surface area (Å²) in [5, 5.41) is 11.4. The number of hydrogen-bond donors (Lipinski definition) is 2. The molecule has 1 heterocycles. The number of benzene rings is 2. The topological polar surface area (TPSA) is 89.1 Å². The van der Waals surface area contributed by atoms with E-state index in [2.05, 4.69) is 20.5 Å². The first-order chi connectivity index (χ1) is 12.6. The highest BCUT2D eigenvalue weighted by Crippen LogP contribution is 2.27. The SMILES string of the molecule is COc1ccc(Cc2nnc(Nc3ccc(OC)c(Cl)c3)[nH]c2=O)cc1. The van der Waals surface area contributed by atoms with Gasteiger partial charge in [-0.1, -0.05) is 23.7 Å². The number of H-pyrrole nitrogens is 1. The maximum Gasteiger partial charge on any atom is 0.274 e. The van der Waals surface area contributed by atoms with Gasteiger partial charge in [-0.15, -0.1) is 10.2 Å². The maximum absolute atomic E-state index is 12.3. The third-order valence-electron chi connectivity index (χ3n) is 3.71. The van der Waals surface area contributed by atoms with E-state index in [0.717, 1.165) is 11.3 Å². The molecule has 8 heteroatoms. The van der Waals surface area contributed by atoms with Crippen LogP contribution in [0.15, 0.2) is 47.3 Å². The standard InChI is InChI=1S/C18H17ClN4O3/c1-25-13-6-3-11(4-7-13)9-15-17(24)21-18(23-22-15)20-12-5-8-16(26-2)14(19)10-12/h3-8,10H,9H2,1-2H3,(H2,20,21,23,24). The minimum absolute atomic E-state index is 0.231. The summed E-state index contributed by atoms with van der Waals surface area (Å²) in [6.45, 7) is 0. The van der Waals surface area contributed by atoms with E-state index in [-0.39, 0.29) is 11.5 Å². The first kappa shape index (κ1) is 17.8. The third kappa shape index (κ3) is 4.12. The van der Waals surface area contributed by atoms with Crippen molar-refractivity contribution in [1.29, 1.82) is 0 Å². The van der Waals surface area contributed by atoms with E-state index in [1.165, 1.54) is 0 Å². The molecule has 0 unspecified atom stereocenters. The Hall–Kier alpha value is -3.06. The van der Waals surface area contributed by atoms with Crippen LogP contribution in [0.4, 0.5) is 11.6 Å². The Labute approximate surface area is 155 Å². The van der Waals surface area contributed by atoms with E-state index in [4.69, 9.17) is 21.1 Å². The van der Waals surface area contributed by atoms with Crippen molar-refractivity contribution in [2.45, 2.75) is 6.42 Å². The Bertz CT molecular complexity index is 957. The molecule has 2 N–H and O–H groups in total. The van der Waals surface area contributed by atoms with Crippen molar-refractivity contribution in [1.82, 2.24) is 15.2 Å². The quantitative estimate of drug-likeness (QED) is 0.690. The second-order valence-corrected chi connectivity index (χ2v) is 5.86. The Morgan fingerprint density at radius 1 is 1.08 bits per heavy atom. The van der Waals surface area contributed by atoms with Gasteiger partial charge in [-0.2, -0.15) is 0 Å². The summed E-state index contributed by atoms with van der Waals surface area (Å²) in [7, 11) is 3.14. The number of anilines is 2. The lowest BCUT2D eigenvalue weighted by molar-refractivity contribution is 0.414. The van der Waals surface area contributed by atoms with Crippen molar-refractivity contribution in [3.05, 3.63) is 69.1 Å². The third-order valence-corrected chi connectivity index (χ3v) is 4.01. The lowest BCUT2D eigenvalue weighted by Gasteiger charge is -2.08. The van der Waals surface area contributed by atoms with E-state index in [1.807, 2.05) is 24.3 Å². The molecule has 0 bridgehead atoms. The summed E-state index contributed by atoms with van der Waals surface area (Å²) in [6.07, 6.45) is 0.376. The summed E-state index contributed by atoms with van der Waals surface area (Å²) in [5.74, 6) is 1.55. The molecule has 26 heavy (non-hydrogen) atoms. The van der Waals surface area contributed by atoms with E-state index in [0.29, 0.717) is 28.6 Å². The van der Waals surface area contributed by atoms with Crippen LogP contribution in [0.3, 0.4) is 0 Å². The number of aromatic nitrogens is 3. The van der Waals surface area contributed by atoms with E-state index >= 15 is 0 Å². The van der Waals surface area contributed by atoms with Gasteiger partial charge in [0.2, 0.25) is 5.95 Å². The van der Waals surface area contributed by atoms with Crippen LogP contribution >= 0.6 is 11.6 Å². The minimum Gasteiger partial charge on any atom is -0.497 e. The van der Waals surface area contributed by atoms with Crippen LogP contribution in [0.1, 0.15) is 11.3 Å². The number of rotatable bonds is 6. The number of hydrogen-bond acceptors (Lipinski definition) is 6.